The molecule has 0 aromatic heterocycles. The molecule has 2 aliphatic rings. The molecule has 1 saturated carbocycles. The fourth-order valence-corrected chi connectivity index (χ4v) is 5.98. The van der Waals surface area contributed by atoms with Crippen LogP contribution in [0.3, 0.4) is 0 Å². The molecule has 1 atom stereocenters. The number of hydrogen-bond donors (Lipinski definition) is 2. The third kappa shape index (κ3) is 5.90. The summed E-state index contributed by atoms with van der Waals surface area (Å²) in [5, 5.41) is 17.9. The zero-order valence-corrected chi connectivity index (χ0v) is 22.4. The zero-order valence-electron chi connectivity index (χ0n) is 22.4. The highest BCUT2D eigenvalue weighted by molar-refractivity contribution is 5.96. The molecule has 5 nitrogen and oxygen atoms in total. The number of ether oxygens (including phenoxy) is 2. The van der Waals surface area contributed by atoms with E-state index in [0.717, 1.165) is 72.1 Å². The van der Waals surface area contributed by atoms with Crippen molar-refractivity contribution in [3.63, 3.8) is 0 Å². The van der Waals surface area contributed by atoms with Crippen molar-refractivity contribution >= 4 is 12.0 Å². The number of hydrogen-bond acceptors (Lipinski definition) is 5. The standard InChI is InChI=1S/C31H41NO4/c1-20(2)35-29-18-31(36-28-11-7-23(19-32)17-25(28)29)14-12-22(13-15-31)6-10-27(33)24-8-9-26(21(3)16-24)30(4,5)34/h7-9,11,16-17,19-20,22,29,32,34H,6,10,12-15,18H2,1-5H3. The summed E-state index contributed by atoms with van der Waals surface area (Å²) in [5.41, 5.74) is 3.33. The SMILES string of the molecule is Cc1cc(C(=O)CCC2CCC3(CC2)CC(OC(C)C)c2cc(C=N)ccc2O3)ccc1C(C)(C)O. The quantitative estimate of drug-likeness (QED) is 0.306. The van der Waals surface area contributed by atoms with E-state index in [1.807, 2.05) is 43.3 Å². The fourth-order valence-electron chi connectivity index (χ4n) is 5.98. The Bertz CT molecular complexity index is 1110. The number of carbonyl (C=O) groups is 1. The van der Waals surface area contributed by atoms with Gasteiger partial charge in [-0.2, -0.15) is 0 Å². The highest BCUT2D eigenvalue weighted by Gasteiger charge is 2.44. The molecule has 1 spiro atoms. The lowest BCUT2D eigenvalue weighted by atomic mass is 9.72. The van der Waals surface area contributed by atoms with E-state index in [9.17, 15) is 9.90 Å². The molecule has 2 N–H and O–H groups in total. The molecule has 2 aromatic carbocycles. The Morgan fingerprint density at radius 2 is 1.94 bits per heavy atom. The molecule has 1 aliphatic heterocycles. The van der Waals surface area contributed by atoms with Gasteiger partial charge in [-0.1, -0.05) is 12.1 Å². The molecular weight excluding hydrogens is 450 g/mol. The van der Waals surface area contributed by atoms with E-state index in [0.29, 0.717) is 12.3 Å². The summed E-state index contributed by atoms with van der Waals surface area (Å²) in [6, 6.07) is 11.6. The number of carbonyl (C=O) groups excluding carboxylic acids is 1. The van der Waals surface area contributed by atoms with E-state index in [1.165, 1.54) is 6.21 Å². The van der Waals surface area contributed by atoms with Gasteiger partial charge in [-0.15, -0.1) is 0 Å². The lowest BCUT2D eigenvalue weighted by Crippen LogP contribution is -2.45. The van der Waals surface area contributed by atoms with E-state index in [2.05, 4.69) is 13.8 Å². The van der Waals surface area contributed by atoms with Crippen molar-refractivity contribution in [1.82, 2.24) is 0 Å². The first-order valence-electron chi connectivity index (χ1n) is 13.4. The maximum Gasteiger partial charge on any atom is 0.162 e. The molecule has 1 heterocycles. The third-order valence-electron chi connectivity index (χ3n) is 7.87. The van der Waals surface area contributed by atoms with Gasteiger partial charge in [0, 0.05) is 30.2 Å². The van der Waals surface area contributed by atoms with Crippen molar-refractivity contribution in [3.8, 4) is 5.75 Å². The molecule has 0 saturated heterocycles. The van der Waals surface area contributed by atoms with E-state index in [4.69, 9.17) is 14.9 Å². The van der Waals surface area contributed by atoms with Crippen LogP contribution in [0, 0.1) is 18.3 Å². The second-order valence-electron chi connectivity index (χ2n) is 11.6. The largest absolute Gasteiger partial charge is 0.487 e. The molecular formula is C31H41NO4. The number of aliphatic hydroxyl groups is 1. The van der Waals surface area contributed by atoms with Gasteiger partial charge in [0.1, 0.15) is 11.4 Å². The minimum absolute atomic E-state index is 0.0260. The number of fused-ring (bicyclic) bond motifs is 1. The minimum atomic E-state index is -0.910. The first kappa shape index (κ1) is 26.6. The summed E-state index contributed by atoms with van der Waals surface area (Å²) in [5.74, 6) is 1.58. The van der Waals surface area contributed by atoms with Crippen LogP contribution in [0.1, 0.15) is 111 Å². The molecule has 194 valence electrons. The first-order chi connectivity index (χ1) is 17.0. The third-order valence-corrected chi connectivity index (χ3v) is 7.87. The summed E-state index contributed by atoms with van der Waals surface area (Å²) >= 11 is 0. The van der Waals surface area contributed by atoms with Gasteiger partial charge in [0.05, 0.1) is 17.8 Å². The van der Waals surface area contributed by atoms with Crippen LogP contribution in [0.25, 0.3) is 0 Å². The van der Waals surface area contributed by atoms with Gasteiger partial charge in [-0.3, -0.25) is 4.79 Å². The Morgan fingerprint density at radius 1 is 1.22 bits per heavy atom. The Morgan fingerprint density at radius 3 is 2.56 bits per heavy atom. The van der Waals surface area contributed by atoms with Crippen molar-refractivity contribution in [2.24, 2.45) is 5.92 Å². The first-order valence-corrected chi connectivity index (χ1v) is 13.4. The van der Waals surface area contributed by atoms with Crippen LogP contribution in [0.15, 0.2) is 36.4 Å². The molecule has 0 radical (unpaired) electrons. The van der Waals surface area contributed by atoms with Crippen molar-refractivity contribution in [1.29, 1.82) is 5.41 Å². The van der Waals surface area contributed by atoms with Crippen LogP contribution in [-0.4, -0.2) is 28.8 Å². The molecule has 1 aliphatic carbocycles. The molecule has 36 heavy (non-hydrogen) atoms. The maximum absolute atomic E-state index is 12.9. The maximum atomic E-state index is 12.9. The summed E-state index contributed by atoms with van der Waals surface area (Å²) in [6.07, 6.45) is 7.76. The van der Waals surface area contributed by atoms with Gasteiger partial charge in [0.15, 0.2) is 5.78 Å². The molecule has 2 aromatic rings. The normalized spacial score (nSPS) is 23.9. The van der Waals surface area contributed by atoms with Gasteiger partial charge in [-0.05, 0) is 114 Å². The van der Waals surface area contributed by atoms with E-state index < -0.39 is 5.60 Å². The van der Waals surface area contributed by atoms with Crippen LogP contribution < -0.4 is 4.74 Å². The van der Waals surface area contributed by atoms with E-state index in [-0.39, 0.29) is 23.6 Å². The Kier molecular flexibility index (Phi) is 7.72. The molecule has 1 fully saturated rings. The highest BCUT2D eigenvalue weighted by atomic mass is 16.5. The van der Waals surface area contributed by atoms with Crippen LogP contribution in [0.4, 0.5) is 0 Å². The number of Topliss-reactive ketones (excluding diaryl/α,β-unsaturated/α-hetero) is 1. The molecule has 5 heteroatoms. The van der Waals surface area contributed by atoms with Gasteiger partial charge in [0.25, 0.3) is 0 Å². The van der Waals surface area contributed by atoms with Gasteiger partial charge in [-0.25, -0.2) is 0 Å². The Balaban J connectivity index is 1.37. The van der Waals surface area contributed by atoms with Gasteiger partial charge >= 0.3 is 0 Å². The summed E-state index contributed by atoms with van der Waals surface area (Å²) in [6.45, 7) is 9.62. The smallest absolute Gasteiger partial charge is 0.162 e. The van der Waals surface area contributed by atoms with E-state index >= 15 is 0 Å². The van der Waals surface area contributed by atoms with Gasteiger partial charge < -0.3 is 20.0 Å². The summed E-state index contributed by atoms with van der Waals surface area (Å²) < 4.78 is 12.9. The molecule has 1 unspecified atom stereocenters. The molecule has 0 bridgehead atoms. The highest BCUT2D eigenvalue weighted by Crippen LogP contribution is 2.49. The fraction of sp³-hybridized carbons (Fsp3) is 0.548. The predicted molar refractivity (Wildman–Crippen MR) is 143 cm³/mol. The average molecular weight is 492 g/mol. The number of nitrogens with one attached hydrogen (secondary N) is 1. The zero-order chi connectivity index (χ0) is 26.1. The Hall–Kier alpha value is -2.50. The number of benzene rings is 2. The van der Waals surface area contributed by atoms with Crippen LogP contribution in [-0.2, 0) is 10.3 Å². The average Bonchev–Trinajstić information content (AvgIpc) is 2.82. The minimum Gasteiger partial charge on any atom is -0.487 e. The van der Waals surface area contributed by atoms with Crippen molar-refractivity contribution in [2.45, 2.75) is 103 Å². The second kappa shape index (κ2) is 10.5. The monoisotopic (exact) mass is 491 g/mol. The topological polar surface area (TPSA) is 79.6 Å². The molecule has 0 amide bonds. The summed E-state index contributed by atoms with van der Waals surface area (Å²) in [4.78, 5) is 12.9. The van der Waals surface area contributed by atoms with E-state index in [1.54, 1.807) is 13.8 Å². The van der Waals surface area contributed by atoms with Crippen LogP contribution in [0.2, 0.25) is 0 Å². The van der Waals surface area contributed by atoms with Crippen LogP contribution >= 0.6 is 0 Å². The van der Waals surface area contributed by atoms with Crippen molar-refractivity contribution in [2.75, 3.05) is 0 Å². The van der Waals surface area contributed by atoms with Crippen LogP contribution in [0.5, 0.6) is 5.75 Å². The van der Waals surface area contributed by atoms with Gasteiger partial charge in [0.2, 0.25) is 0 Å². The number of rotatable bonds is 8. The number of aryl methyl sites for hydroxylation is 1. The number of ketones is 1. The summed E-state index contributed by atoms with van der Waals surface area (Å²) in [7, 11) is 0. The Labute approximate surface area is 215 Å². The second-order valence-corrected chi connectivity index (χ2v) is 11.6. The predicted octanol–water partition coefficient (Wildman–Crippen LogP) is 7.06. The van der Waals surface area contributed by atoms with Crippen molar-refractivity contribution < 1.29 is 19.4 Å². The lowest BCUT2D eigenvalue weighted by Gasteiger charge is -2.46. The lowest BCUT2D eigenvalue weighted by molar-refractivity contribution is -0.0868. The molecule has 4 rings (SSSR count). The van der Waals surface area contributed by atoms with Crippen molar-refractivity contribution in [3.05, 3.63) is 64.2 Å².